The average Bonchev–Trinajstić information content (AvgIpc) is 2.86. The van der Waals surface area contributed by atoms with E-state index in [1.807, 2.05) is 13.0 Å². The van der Waals surface area contributed by atoms with Gasteiger partial charge >= 0.3 is 0 Å². The maximum Gasteiger partial charge on any atom is 0.123 e. The Kier molecular flexibility index (Phi) is 3.45. The molecule has 20 heavy (non-hydrogen) atoms. The molecule has 2 N–H and O–H groups in total. The van der Waals surface area contributed by atoms with Gasteiger partial charge in [-0.2, -0.15) is 0 Å². The molecule has 0 aliphatic carbocycles. The first-order valence-electron chi connectivity index (χ1n) is 7.01. The molecule has 0 amide bonds. The molecule has 0 spiro atoms. The number of para-hydroxylation sites is 1. The van der Waals surface area contributed by atoms with E-state index in [1.165, 1.54) is 17.3 Å². The van der Waals surface area contributed by atoms with Crippen LogP contribution in [-0.2, 0) is 6.42 Å². The van der Waals surface area contributed by atoms with Crippen molar-refractivity contribution in [3.63, 3.8) is 0 Å². The summed E-state index contributed by atoms with van der Waals surface area (Å²) in [5.74, 6) is -0.191. The first-order chi connectivity index (χ1) is 9.70. The van der Waals surface area contributed by atoms with Crippen molar-refractivity contribution < 1.29 is 4.39 Å². The van der Waals surface area contributed by atoms with Crippen LogP contribution in [-0.4, -0.2) is 13.1 Å². The number of hydrogen-bond donors (Lipinski definition) is 1. The van der Waals surface area contributed by atoms with Gasteiger partial charge in [-0.1, -0.05) is 24.3 Å². The molecule has 0 saturated heterocycles. The Morgan fingerprint density at radius 1 is 1.25 bits per heavy atom. The van der Waals surface area contributed by atoms with Gasteiger partial charge in [-0.3, -0.25) is 0 Å². The van der Waals surface area contributed by atoms with Crippen molar-refractivity contribution in [3.05, 3.63) is 65.0 Å². The molecule has 1 aliphatic rings. The van der Waals surface area contributed by atoms with E-state index in [2.05, 4.69) is 29.2 Å². The standard InChI is InChI=1S/C17H19FN2/c1-12-10-14(18)6-7-15(12)17(11-19)20-9-8-13-4-2-3-5-16(13)20/h2-7,10,17H,8-9,11,19H2,1H3. The molecular formula is C17H19FN2. The monoisotopic (exact) mass is 270 g/mol. The fourth-order valence-electron chi connectivity index (χ4n) is 3.12. The minimum atomic E-state index is -0.191. The first-order valence-corrected chi connectivity index (χ1v) is 7.01. The summed E-state index contributed by atoms with van der Waals surface area (Å²) in [6.45, 7) is 3.45. The van der Waals surface area contributed by atoms with Crippen molar-refractivity contribution in [2.75, 3.05) is 18.0 Å². The second-order valence-corrected chi connectivity index (χ2v) is 5.32. The van der Waals surface area contributed by atoms with Crippen molar-refractivity contribution in [2.24, 2.45) is 5.73 Å². The number of anilines is 1. The lowest BCUT2D eigenvalue weighted by atomic mass is 9.99. The molecule has 0 saturated carbocycles. The van der Waals surface area contributed by atoms with E-state index < -0.39 is 0 Å². The van der Waals surface area contributed by atoms with Crippen LogP contribution in [0.1, 0.15) is 22.7 Å². The predicted octanol–water partition coefficient (Wildman–Crippen LogP) is 3.20. The van der Waals surface area contributed by atoms with Gasteiger partial charge in [0.05, 0.1) is 6.04 Å². The Morgan fingerprint density at radius 2 is 2.05 bits per heavy atom. The molecule has 1 heterocycles. The van der Waals surface area contributed by atoms with Crippen LogP contribution in [0.25, 0.3) is 0 Å². The van der Waals surface area contributed by atoms with E-state index in [9.17, 15) is 4.39 Å². The van der Waals surface area contributed by atoms with Gasteiger partial charge in [0.1, 0.15) is 5.82 Å². The molecule has 2 aromatic carbocycles. The number of rotatable bonds is 3. The normalized spacial score (nSPS) is 15.2. The zero-order valence-electron chi connectivity index (χ0n) is 11.6. The number of aryl methyl sites for hydroxylation is 1. The van der Waals surface area contributed by atoms with Gasteiger partial charge in [-0.15, -0.1) is 0 Å². The number of hydrogen-bond acceptors (Lipinski definition) is 2. The summed E-state index contributed by atoms with van der Waals surface area (Å²) in [5.41, 5.74) is 10.7. The molecule has 104 valence electrons. The van der Waals surface area contributed by atoms with Gasteiger partial charge in [0.25, 0.3) is 0 Å². The summed E-state index contributed by atoms with van der Waals surface area (Å²) in [4.78, 5) is 2.34. The fraction of sp³-hybridized carbons (Fsp3) is 0.294. The Bertz CT molecular complexity index is 624. The Balaban J connectivity index is 1.99. The van der Waals surface area contributed by atoms with Crippen LogP contribution in [0.2, 0.25) is 0 Å². The molecule has 1 aliphatic heterocycles. The Labute approximate surface area is 119 Å². The van der Waals surface area contributed by atoms with Crippen LogP contribution >= 0.6 is 0 Å². The van der Waals surface area contributed by atoms with Crippen molar-refractivity contribution >= 4 is 5.69 Å². The van der Waals surface area contributed by atoms with Crippen molar-refractivity contribution in [2.45, 2.75) is 19.4 Å². The van der Waals surface area contributed by atoms with Crippen LogP contribution in [0.4, 0.5) is 10.1 Å². The molecule has 3 heteroatoms. The molecule has 3 rings (SSSR count). The van der Waals surface area contributed by atoms with Crippen LogP contribution in [0, 0.1) is 12.7 Å². The van der Waals surface area contributed by atoms with E-state index in [0.29, 0.717) is 6.54 Å². The second-order valence-electron chi connectivity index (χ2n) is 5.32. The minimum absolute atomic E-state index is 0.110. The third kappa shape index (κ3) is 2.18. The molecule has 1 unspecified atom stereocenters. The lowest BCUT2D eigenvalue weighted by molar-refractivity contribution is 0.615. The summed E-state index contributed by atoms with van der Waals surface area (Å²) >= 11 is 0. The van der Waals surface area contributed by atoms with Crippen molar-refractivity contribution in [1.29, 1.82) is 0 Å². The zero-order chi connectivity index (χ0) is 14.1. The fourth-order valence-corrected chi connectivity index (χ4v) is 3.12. The summed E-state index contributed by atoms with van der Waals surface area (Å²) in [5, 5.41) is 0. The van der Waals surface area contributed by atoms with Crippen LogP contribution in [0.5, 0.6) is 0 Å². The number of fused-ring (bicyclic) bond motifs is 1. The van der Waals surface area contributed by atoms with Gasteiger partial charge in [-0.25, -0.2) is 4.39 Å². The zero-order valence-corrected chi connectivity index (χ0v) is 11.6. The summed E-state index contributed by atoms with van der Waals surface area (Å²) in [6, 6.07) is 13.5. The predicted molar refractivity (Wildman–Crippen MR) is 80.4 cm³/mol. The highest BCUT2D eigenvalue weighted by Crippen LogP contribution is 2.35. The van der Waals surface area contributed by atoms with E-state index in [1.54, 1.807) is 6.07 Å². The summed E-state index contributed by atoms with van der Waals surface area (Å²) in [7, 11) is 0. The van der Waals surface area contributed by atoms with E-state index in [-0.39, 0.29) is 11.9 Å². The van der Waals surface area contributed by atoms with Crippen LogP contribution < -0.4 is 10.6 Å². The quantitative estimate of drug-likeness (QED) is 0.928. The number of halogens is 1. The average molecular weight is 270 g/mol. The van der Waals surface area contributed by atoms with Crippen LogP contribution in [0.3, 0.4) is 0 Å². The highest BCUT2D eigenvalue weighted by molar-refractivity contribution is 5.60. The number of nitrogens with two attached hydrogens (primary N) is 1. The Hall–Kier alpha value is -1.87. The van der Waals surface area contributed by atoms with Crippen LogP contribution in [0.15, 0.2) is 42.5 Å². The highest BCUT2D eigenvalue weighted by atomic mass is 19.1. The third-order valence-corrected chi connectivity index (χ3v) is 4.11. The lowest BCUT2D eigenvalue weighted by Crippen LogP contribution is -2.32. The molecule has 0 fully saturated rings. The van der Waals surface area contributed by atoms with E-state index in [0.717, 1.165) is 24.1 Å². The smallest absolute Gasteiger partial charge is 0.123 e. The van der Waals surface area contributed by atoms with Gasteiger partial charge in [-0.05, 0) is 48.2 Å². The van der Waals surface area contributed by atoms with Crippen molar-refractivity contribution in [1.82, 2.24) is 0 Å². The van der Waals surface area contributed by atoms with Gasteiger partial charge in [0.15, 0.2) is 0 Å². The van der Waals surface area contributed by atoms with E-state index >= 15 is 0 Å². The third-order valence-electron chi connectivity index (χ3n) is 4.11. The summed E-state index contributed by atoms with van der Waals surface area (Å²) < 4.78 is 13.3. The van der Waals surface area contributed by atoms with Gasteiger partial charge in [0.2, 0.25) is 0 Å². The maximum atomic E-state index is 13.3. The lowest BCUT2D eigenvalue weighted by Gasteiger charge is -2.31. The molecular weight excluding hydrogens is 251 g/mol. The number of nitrogens with zero attached hydrogens (tertiary/aromatic N) is 1. The molecule has 2 aromatic rings. The van der Waals surface area contributed by atoms with Gasteiger partial charge < -0.3 is 10.6 Å². The molecule has 1 atom stereocenters. The Morgan fingerprint density at radius 3 is 2.80 bits per heavy atom. The molecule has 0 bridgehead atoms. The SMILES string of the molecule is Cc1cc(F)ccc1C(CN)N1CCc2ccccc21. The summed E-state index contributed by atoms with van der Waals surface area (Å²) in [6.07, 6.45) is 1.05. The maximum absolute atomic E-state index is 13.3. The first kappa shape index (κ1) is 13.1. The molecule has 0 radical (unpaired) electrons. The molecule has 2 nitrogen and oxygen atoms in total. The van der Waals surface area contributed by atoms with E-state index in [4.69, 9.17) is 5.73 Å². The second kappa shape index (κ2) is 5.25. The topological polar surface area (TPSA) is 29.3 Å². The van der Waals surface area contributed by atoms with Gasteiger partial charge in [0, 0.05) is 18.8 Å². The number of benzene rings is 2. The van der Waals surface area contributed by atoms with Crippen molar-refractivity contribution in [3.8, 4) is 0 Å². The minimum Gasteiger partial charge on any atom is -0.363 e. The largest absolute Gasteiger partial charge is 0.363 e. The molecule has 0 aromatic heterocycles. The highest BCUT2D eigenvalue weighted by Gasteiger charge is 2.26.